The minimum absolute atomic E-state index is 0.0768. The molecule has 2 aromatic carbocycles. The zero-order valence-electron chi connectivity index (χ0n) is 12.0. The molecule has 120 valence electrons. The van der Waals surface area contributed by atoms with Gasteiger partial charge in [0.2, 0.25) is 0 Å². The molecule has 0 saturated carbocycles. The average molecular weight is 460 g/mol. The summed E-state index contributed by atoms with van der Waals surface area (Å²) in [5.41, 5.74) is 1.41. The van der Waals surface area contributed by atoms with Crippen LogP contribution in [0.4, 0.5) is 0 Å². The van der Waals surface area contributed by atoms with Gasteiger partial charge in [0.05, 0.1) is 0 Å². The lowest BCUT2D eigenvalue weighted by molar-refractivity contribution is 0.138. The standard InChI is InChI=1S/C16H12Br2O4S/c1-21-16(10-2-4-12(17)5-3-10)15-9-11-8-13(18)6-7-14(11)22-23(15,19)20/h2-9,16H,1H3. The Morgan fingerprint density at radius 2 is 1.70 bits per heavy atom. The van der Waals surface area contributed by atoms with E-state index >= 15 is 0 Å². The SMILES string of the molecule is COC(C1=Cc2cc(Br)ccc2OS1(=O)=O)c1ccc(Br)cc1. The Morgan fingerprint density at radius 1 is 1.04 bits per heavy atom. The highest BCUT2D eigenvalue weighted by Gasteiger charge is 2.33. The van der Waals surface area contributed by atoms with Crippen LogP contribution in [0.5, 0.6) is 5.75 Å². The fraction of sp³-hybridized carbons (Fsp3) is 0.125. The van der Waals surface area contributed by atoms with Gasteiger partial charge in [0.15, 0.2) is 0 Å². The van der Waals surface area contributed by atoms with Crippen molar-refractivity contribution >= 4 is 48.1 Å². The van der Waals surface area contributed by atoms with Gasteiger partial charge >= 0.3 is 10.1 Å². The van der Waals surface area contributed by atoms with Crippen molar-refractivity contribution in [3.8, 4) is 5.75 Å². The van der Waals surface area contributed by atoms with E-state index in [0.29, 0.717) is 11.3 Å². The first kappa shape index (κ1) is 16.7. The molecule has 1 aliphatic rings. The van der Waals surface area contributed by atoms with Crippen molar-refractivity contribution < 1.29 is 17.3 Å². The summed E-state index contributed by atoms with van der Waals surface area (Å²) in [7, 11) is -2.44. The second kappa shape index (κ2) is 6.39. The van der Waals surface area contributed by atoms with Gasteiger partial charge in [-0.15, -0.1) is 0 Å². The summed E-state index contributed by atoms with van der Waals surface area (Å²) >= 11 is 6.74. The minimum atomic E-state index is -3.91. The van der Waals surface area contributed by atoms with Gasteiger partial charge < -0.3 is 8.92 Å². The Kier molecular flexibility index (Phi) is 4.64. The molecule has 1 aliphatic heterocycles. The largest absolute Gasteiger partial charge is 0.378 e. The Bertz CT molecular complexity index is 873. The van der Waals surface area contributed by atoms with Gasteiger partial charge in [0.25, 0.3) is 0 Å². The third-order valence-corrected chi connectivity index (χ3v) is 5.75. The van der Waals surface area contributed by atoms with Crippen LogP contribution in [0.15, 0.2) is 56.3 Å². The summed E-state index contributed by atoms with van der Waals surface area (Å²) in [5, 5.41) is 0. The molecule has 0 bridgehead atoms. The normalized spacial score (nSPS) is 16.9. The van der Waals surface area contributed by atoms with Crippen LogP contribution in [-0.4, -0.2) is 15.5 Å². The summed E-state index contributed by atoms with van der Waals surface area (Å²) in [4.78, 5) is 0.0768. The number of methoxy groups -OCH3 is 1. The van der Waals surface area contributed by atoms with E-state index in [9.17, 15) is 8.42 Å². The molecule has 0 fully saturated rings. The molecule has 23 heavy (non-hydrogen) atoms. The van der Waals surface area contributed by atoms with Crippen LogP contribution in [0.2, 0.25) is 0 Å². The lowest BCUT2D eigenvalue weighted by Gasteiger charge is -2.23. The number of hydrogen-bond donors (Lipinski definition) is 0. The van der Waals surface area contributed by atoms with E-state index in [2.05, 4.69) is 31.9 Å². The van der Waals surface area contributed by atoms with Crippen LogP contribution >= 0.6 is 31.9 Å². The molecular formula is C16H12Br2O4S. The van der Waals surface area contributed by atoms with E-state index in [-0.39, 0.29) is 4.91 Å². The summed E-state index contributed by atoms with van der Waals surface area (Å²) in [6, 6.07) is 12.4. The zero-order chi connectivity index (χ0) is 16.6. The van der Waals surface area contributed by atoms with Crippen molar-refractivity contribution in [3.05, 3.63) is 67.4 Å². The van der Waals surface area contributed by atoms with Gasteiger partial charge in [0, 0.05) is 21.6 Å². The number of benzene rings is 2. The number of ether oxygens (including phenoxy) is 1. The Morgan fingerprint density at radius 3 is 2.35 bits per heavy atom. The first-order chi connectivity index (χ1) is 10.9. The van der Waals surface area contributed by atoms with Crippen LogP contribution < -0.4 is 4.18 Å². The third kappa shape index (κ3) is 3.38. The smallest absolute Gasteiger partial charge is 0.338 e. The maximum atomic E-state index is 12.5. The summed E-state index contributed by atoms with van der Waals surface area (Å²) in [5.74, 6) is 0.308. The lowest BCUT2D eigenvalue weighted by Crippen LogP contribution is -2.22. The number of rotatable bonds is 3. The Balaban J connectivity index is 2.13. The Hall–Kier alpha value is -1.15. The van der Waals surface area contributed by atoms with Crippen LogP contribution in [-0.2, 0) is 14.9 Å². The second-order valence-electron chi connectivity index (χ2n) is 4.93. The average Bonchev–Trinajstić information content (AvgIpc) is 2.50. The fourth-order valence-electron chi connectivity index (χ4n) is 2.36. The molecule has 0 saturated heterocycles. The van der Waals surface area contributed by atoms with Gasteiger partial charge in [-0.05, 0) is 42.0 Å². The first-order valence-electron chi connectivity index (χ1n) is 6.64. The number of hydrogen-bond acceptors (Lipinski definition) is 4. The topological polar surface area (TPSA) is 52.6 Å². The molecule has 1 heterocycles. The van der Waals surface area contributed by atoms with Crippen molar-refractivity contribution in [2.24, 2.45) is 0 Å². The second-order valence-corrected chi connectivity index (χ2v) is 8.31. The maximum Gasteiger partial charge on any atom is 0.338 e. The van der Waals surface area contributed by atoms with Crippen molar-refractivity contribution in [1.29, 1.82) is 0 Å². The molecule has 0 radical (unpaired) electrons. The molecule has 0 N–H and O–H groups in total. The first-order valence-corrected chi connectivity index (χ1v) is 9.64. The van der Waals surface area contributed by atoms with Crippen molar-refractivity contribution in [2.45, 2.75) is 6.10 Å². The van der Waals surface area contributed by atoms with Crippen molar-refractivity contribution in [2.75, 3.05) is 7.11 Å². The van der Waals surface area contributed by atoms with E-state index in [4.69, 9.17) is 8.92 Å². The summed E-state index contributed by atoms with van der Waals surface area (Å²) < 4.78 is 37.4. The molecule has 0 aliphatic carbocycles. The van der Waals surface area contributed by atoms with E-state index in [0.717, 1.165) is 14.5 Å². The van der Waals surface area contributed by atoms with Crippen LogP contribution in [0.3, 0.4) is 0 Å². The molecule has 3 rings (SSSR count). The minimum Gasteiger partial charge on any atom is -0.378 e. The molecule has 2 aromatic rings. The molecule has 0 spiro atoms. The van der Waals surface area contributed by atoms with Crippen molar-refractivity contribution in [3.63, 3.8) is 0 Å². The predicted molar refractivity (Wildman–Crippen MR) is 95.6 cm³/mol. The highest BCUT2D eigenvalue weighted by atomic mass is 79.9. The van der Waals surface area contributed by atoms with E-state index < -0.39 is 16.2 Å². The van der Waals surface area contributed by atoms with Gasteiger partial charge in [-0.1, -0.05) is 44.0 Å². The lowest BCUT2D eigenvalue weighted by atomic mass is 10.1. The van der Waals surface area contributed by atoms with Crippen LogP contribution in [0.25, 0.3) is 6.08 Å². The molecule has 1 unspecified atom stereocenters. The van der Waals surface area contributed by atoms with Gasteiger partial charge in [-0.3, -0.25) is 0 Å². The fourth-order valence-corrected chi connectivity index (χ4v) is 4.25. The van der Waals surface area contributed by atoms with E-state index in [1.54, 1.807) is 24.3 Å². The molecule has 4 nitrogen and oxygen atoms in total. The van der Waals surface area contributed by atoms with E-state index in [1.165, 1.54) is 7.11 Å². The molecule has 7 heteroatoms. The Labute approximate surface area is 151 Å². The number of halogens is 2. The quantitative estimate of drug-likeness (QED) is 0.626. The van der Waals surface area contributed by atoms with Crippen LogP contribution in [0.1, 0.15) is 17.2 Å². The van der Waals surface area contributed by atoms with Gasteiger partial charge in [0.1, 0.15) is 16.8 Å². The predicted octanol–water partition coefficient (Wildman–Crippen LogP) is 4.66. The third-order valence-electron chi connectivity index (χ3n) is 3.42. The monoisotopic (exact) mass is 458 g/mol. The highest BCUT2D eigenvalue weighted by molar-refractivity contribution is 9.10. The highest BCUT2D eigenvalue weighted by Crippen LogP contribution is 2.39. The molecule has 0 aromatic heterocycles. The maximum absolute atomic E-state index is 12.5. The van der Waals surface area contributed by atoms with Gasteiger partial charge in [-0.2, -0.15) is 8.42 Å². The van der Waals surface area contributed by atoms with Crippen molar-refractivity contribution in [1.82, 2.24) is 0 Å². The zero-order valence-corrected chi connectivity index (χ0v) is 16.0. The van der Waals surface area contributed by atoms with Crippen LogP contribution in [0, 0.1) is 0 Å². The molecule has 0 amide bonds. The van der Waals surface area contributed by atoms with Gasteiger partial charge in [-0.25, -0.2) is 0 Å². The summed E-state index contributed by atoms with van der Waals surface area (Å²) in [6.45, 7) is 0. The molecular weight excluding hydrogens is 448 g/mol. The van der Waals surface area contributed by atoms with E-state index in [1.807, 2.05) is 24.3 Å². The summed E-state index contributed by atoms with van der Waals surface area (Å²) in [6.07, 6.45) is 0.857. The number of fused-ring (bicyclic) bond motifs is 1. The molecule has 1 atom stereocenters.